The average Bonchev–Trinajstić information content (AvgIpc) is 2.98. The number of amides is 2. The van der Waals surface area contributed by atoms with Crippen molar-refractivity contribution in [2.45, 2.75) is 33.6 Å². The third kappa shape index (κ3) is 4.36. The van der Waals surface area contributed by atoms with Crippen LogP contribution in [-0.4, -0.2) is 23.3 Å². The minimum atomic E-state index is -0.180. The van der Waals surface area contributed by atoms with Gasteiger partial charge in [-0.3, -0.25) is 14.5 Å². The van der Waals surface area contributed by atoms with Gasteiger partial charge >= 0.3 is 0 Å². The molecule has 0 saturated heterocycles. The number of carbonyl (C=O) groups excluding carboxylic acids is 2. The zero-order chi connectivity index (χ0) is 22.0. The molecule has 0 bridgehead atoms. The average molecular weight is 410 g/mol. The number of aryl methyl sites for hydroxylation is 4. The van der Waals surface area contributed by atoms with Gasteiger partial charge in [0.05, 0.1) is 11.1 Å². The lowest BCUT2D eigenvalue weighted by molar-refractivity contribution is 0.0652. The summed E-state index contributed by atoms with van der Waals surface area (Å²) >= 11 is 0. The van der Waals surface area contributed by atoms with Crippen LogP contribution in [0.5, 0.6) is 0 Å². The zero-order valence-corrected chi connectivity index (χ0v) is 18.3. The van der Waals surface area contributed by atoms with Gasteiger partial charge in [-0.05, 0) is 73.6 Å². The highest BCUT2D eigenvalue weighted by Gasteiger charge is 2.34. The van der Waals surface area contributed by atoms with E-state index in [1.54, 1.807) is 24.3 Å². The molecule has 0 atom stereocenters. The molecular formula is C28H27NO2. The lowest BCUT2D eigenvalue weighted by Crippen LogP contribution is -2.30. The lowest BCUT2D eigenvalue weighted by Gasteiger charge is -2.13. The van der Waals surface area contributed by atoms with Crippen LogP contribution < -0.4 is 0 Å². The van der Waals surface area contributed by atoms with Gasteiger partial charge in [0, 0.05) is 6.54 Å². The largest absolute Gasteiger partial charge is 0.274 e. The van der Waals surface area contributed by atoms with Crippen molar-refractivity contribution >= 4 is 24.0 Å². The third-order valence-electron chi connectivity index (χ3n) is 5.86. The van der Waals surface area contributed by atoms with Crippen molar-refractivity contribution in [1.82, 2.24) is 4.90 Å². The van der Waals surface area contributed by atoms with Crippen molar-refractivity contribution in [2.75, 3.05) is 6.54 Å². The number of benzene rings is 3. The summed E-state index contributed by atoms with van der Waals surface area (Å²) in [5.41, 5.74) is 8.50. The molecule has 0 aromatic heterocycles. The third-order valence-corrected chi connectivity index (χ3v) is 5.86. The molecule has 1 aliphatic heterocycles. The van der Waals surface area contributed by atoms with Crippen LogP contribution in [0, 0.1) is 20.8 Å². The van der Waals surface area contributed by atoms with Crippen LogP contribution in [0.25, 0.3) is 12.2 Å². The van der Waals surface area contributed by atoms with Gasteiger partial charge in [-0.2, -0.15) is 0 Å². The first-order valence-corrected chi connectivity index (χ1v) is 10.7. The van der Waals surface area contributed by atoms with Crippen molar-refractivity contribution in [2.24, 2.45) is 0 Å². The fourth-order valence-electron chi connectivity index (χ4n) is 4.37. The second kappa shape index (κ2) is 8.73. The Kier molecular flexibility index (Phi) is 5.85. The van der Waals surface area contributed by atoms with E-state index in [1.807, 2.05) is 0 Å². The summed E-state index contributed by atoms with van der Waals surface area (Å²) in [6.45, 7) is 6.86. The summed E-state index contributed by atoms with van der Waals surface area (Å²) in [6, 6.07) is 19.9. The van der Waals surface area contributed by atoms with Crippen LogP contribution in [0.2, 0.25) is 0 Å². The molecule has 2 amide bonds. The highest BCUT2D eigenvalue weighted by atomic mass is 16.2. The molecule has 0 aliphatic carbocycles. The molecule has 0 fully saturated rings. The molecule has 4 rings (SSSR count). The molecule has 0 saturated carbocycles. The SMILES string of the molecule is Cc1cc(C)c(/C=C/c2cccc(CCCN3C(=O)c4ccccc4C3=O)c2)c(C)c1. The van der Waals surface area contributed by atoms with E-state index in [2.05, 4.69) is 69.3 Å². The molecular weight excluding hydrogens is 382 g/mol. The van der Waals surface area contributed by atoms with Gasteiger partial charge in [0.25, 0.3) is 11.8 Å². The molecule has 3 nitrogen and oxygen atoms in total. The number of hydrogen-bond acceptors (Lipinski definition) is 2. The van der Waals surface area contributed by atoms with Gasteiger partial charge in [0.15, 0.2) is 0 Å². The number of hydrogen-bond donors (Lipinski definition) is 0. The standard InChI is InChI=1S/C28H27NO2/c1-19-16-20(2)24(21(3)17-19)14-13-23-9-6-8-22(18-23)10-7-15-29-27(30)25-11-4-5-12-26(25)28(29)31/h4-6,8-9,11-14,16-18H,7,10,15H2,1-3H3/b14-13+. The normalized spacial score (nSPS) is 13.3. The monoisotopic (exact) mass is 409 g/mol. The fourth-order valence-corrected chi connectivity index (χ4v) is 4.37. The van der Waals surface area contributed by atoms with E-state index in [-0.39, 0.29) is 11.8 Å². The Labute approximate surface area is 184 Å². The summed E-state index contributed by atoms with van der Waals surface area (Å²) in [5.74, 6) is -0.359. The molecule has 1 aliphatic rings. The highest BCUT2D eigenvalue weighted by Crippen LogP contribution is 2.23. The molecule has 1 heterocycles. The molecule has 156 valence electrons. The molecule has 31 heavy (non-hydrogen) atoms. The van der Waals surface area contributed by atoms with Gasteiger partial charge in [-0.15, -0.1) is 0 Å². The molecule has 3 heteroatoms. The van der Waals surface area contributed by atoms with E-state index in [9.17, 15) is 9.59 Å². The second-order valence-electron chi connectivity index (χ2n) is 8.30. The predicted molar refractivity (Wildman–Crippen MR) is 126 cm³/mol. The van der Waals surface area contributed by atoms with Crippen molar-refractivity contribution in [3.8, 4) is 0 Å². The van der Waals surface area contributed by atoms with Gasteiger partial charge in [-0.25, -0.2) is 0 Å². The summed E-state index contributed by atoms with van der Waals surface area (Å²) in [7, 11) is 0. The smallest absolute Gasteiger partial charge is 0.261 e. The van der Waals surface area contributed by atoms with Gasteiger partial charge in [0.2, 0.25) is 0 Å². The maximum Gasteiger partial charge on any atom is 0.261 e. The van der Waals surface area contributed by atoms with Crippen LogP contribution >= 0.6 is 0 Å². The van der Waals surface area contributed by atoms with E-state index < -0.39 is 0 Å². The van der Waals surface area contributed by atoms with E-state index in [0.29, 0.717) is 17.7 Å². The Morgan fingerprint density at radius 3 is 2.06 bits per heavy atom. The minimum absolute atomic E-state index is 0.180. The van der Waals surface area contributed by atoms with E-state index in [4.69, 9.17) is 0 Å². The van der Waals surface area contributed by atoms with Crippen LogP contribution in [0.1, 0.15) is 60.5 Å². The zero-order valence-electron chi connectivity index (χ0n) is 18.3. The Morgan fingerprint density at radius 2 is 1.42 bits per heavy atom. The Morgan fingerprint density at radius 1 is 0.774 bits per heavy atom. The first kappa shape index (κ1) is 20.8. The fraction of sp³-hybridized carbons (Fsp3) is 0.214. The van der Waals surface area contributed by atoms with Gasteiger partial charge in [-0.1, -0.05) is 66.2 Å². The molecule has 0 radical (unpaired) electrons. The van der Waals surface area contributed by atoms with Crippen LogP contribution in [0.4, 0.5) is 0 Å². The molecule has 3 aromatic carbocycles. The number of rotatable bonds is 6. The Bertz CT molecular complexity index is 1130. The van der Waals surface area contributed by atoms with Crippen molar-refractivity contribution in [3.63, 3.8) is 0 Å². The van der Waals surface area contributed by atoms with E-state index in [0.717, 1.165) is 18.4 Å². The summed E-state index contributed by atoms with van der Waals surface area (Å²) < 4.78 is 0. The second-order valence-corrected chi connectivity index (χ2v) is 8.30. The first-order valence-electron chi connectivity index (χ1n) is 10.7. The minimum Gasteiger partial charge on any atom is -0.274 e. The number of imide groups is 1. The summed E-state index contributed by atoms with van der Waals surface area (Å²) in [6.07, 6.45) is 5.90. The lowest BCUT2D eigenvalue weighted by atomic mass is 9.98. The molecule has 3 aromatic rings. The van der Waals surface area contributed by atoms with Crippen LogP contribution in [0.15, 0.2) is 60.7 Å². The predicted octanol–water partition coefficient (Wildman–Crippen LogP) is 6.01. The van der Waals surface area contributed by atoms with Crippen molar-refractivity contribution in [3.05, 3.63) is 105 Å². The maximum atomic E-state index is 12.5. The number of fused-ring (bicyclic) bond motifs is 1. The summed E-state index contributed by atoms with van der Waals surface area (Å²) in [4.78, 5) is 26.4. The molecule has 0 N–H and O–H groups in total. The van der Waals surface area contributed by atoms with E-state index >= 15 is 0 Å². The Hall–Kier alpha value is -3.46. The number of carbonyl (C=O) groups is 2. The van der Waals surface area contributed by atoms with Crippen LogP contribution in [0.3, 0.4) is 0 Å². The Balaban J connectivity index is 1.40. The van der Waals surface area contributed by atoms with Crippen LogP contribution in [-0.2, 0) is 6.42 Å². The van der Waals surface area contributed by atoms with Crippen molar-refractivity contribution in [1.29, 1.82) is 0 Å². The highest BCUT2D eigenvalue weighted by molar-refractivity contribution is 6.21. The quantitative estimate of drug-likeness (QED) is 0.369. The number of nitrogens with zero attached hydrogens (tertiary/aromatic N) is 1. The van der Waals surface area contributed by atoms with Crippen molar-refractivity contribution < 1.29 is 9.59 Å². The van der Waals surface area contributed by atoms with E-state index in [1.165, 1.54) is 32.7 Å². The maximum absolute atomic E-state index is 12.5. The first-order chi connectivity index (χ1) is 14.9. The molecule has 0 spiro atoms. The summed E-state index contributed by atoms with van der Waals surface area (Å²) in [5, 5.41) is 0. The molecule has 0 unspecified atom stereocenters. The van der Waals surface area contributed by atoms with Gasteiger partial charge in [0.1, 0.15) is 0 Å². The topological polar surface area (TPSA) is 37.4 Å². The van der Waals surface area contributed by atoms with Gasteiger partial charge < -0.3 is 0 Å².